The summed E-state index contributed by atoms with van der Waals surface area (Å²) in [5.41, 5.74) is 2.09. The molecule has 3 N–H and O–H groups in total. The minimum atomic E-state index is -3.58. The molecule has 0 aromatic heterocycles. The van der Waals surface area contributed by atoms with Gasteiger partial charge in [-0.2, -0.15) is 0 Å². The lowest BCUT2D eigenvalue weighted by atomic mass is 9.96. The number of amides is 1. The van der Waals surface area contributed by atoms with E-state index in [0.29, 0.717) is 23.6 Å². The van der Waals surface area contributed by atoms with Gasteiger partial charge in [0.25, 0.3) is 5.91 Å². The van der Waals surface area contributed by atoms with Crippen molar-refractivity contribution >= 4 is 38.9 Å². The summed E-state index contributed by atoms with van der Waals surface area (Å²) in [6, 6.07) is 23.2. The van der Waals surface area contributed by atoms with Gasteiger partial charge >= 0.3 is 0 Å². The van der Waals surface area contributed by atoms with E-state index in [4.69, 9.17) is 17.0 Å². The van der Waals surface area contributed by atoms with Crippen molar-refractivity contribution in [3.05, 3.63) is 90.0 Å². The predicted molar refractivity (Wildman–Crippen MR) is 149 cm³/mol. The van der Waals surface area contributed by atoms with E-state index in [-0.39, 0.29) is 16.0 Å². The van der Waals surface area contributed by atoms with E-state index in [0.717, 1.165) is 44.1 Å². The predicted octanol–water partition coefficient (Wildman–Crippen LogP) is 5.05. The smallest absolute Gasteiger partial charge is 0.261 e. The second-order valence-corrected chi connectivity index (χ2v) is 11.1. The molecule has 37 heavy (non-hydrogen) atoms. The van der Waals surface area contributed by atoms with Crippen LogP contribution in [0.2, 0.25) is 0 Å². The van der Waals surface area contributed by atoms with Gasteiger partial charge in [0.15, 0.2) is 5.11 Å². The van der Waals surface area contributed by atoms with Gasteiger partial charge in [-0.25, -0.2) is 13.1 Å². The largest absolute Gasteiger partial charge is 0.492 e. The highest BCUT2D eigenvalue weighted by Crippen LogP contribution is 2.21. The second kappa shape index (κ2) is 12.8. The minimum absolute atomic E-state index is 0.00969. The zero-order valence-electron chi connectivity index (χ0n) is 20.5. The molecule has 0 saturated heterocycles. The number of nitrogens with one attached hydrogen (secondary N) is 3. The molecule has 194 valence electrons. The number of carbonyl (C=O) groups is 1. The summed E-state index contributed by atoms with van der Waals surface area (Å²) in [5.74, 6) is 0.0717. The number of carbonyl (C=O) groups excluding carboxylic acids is 1. The molecule has 3 aromatic carbocycles. The summed E-state index contributed by atoms with van der Waals surface area (Å²) >= 11 is 5.31. The molecule has 0 bridgehead atoms. The van der Waals surface area contributed by atoms with Crippen molar-refractivity contribution in [1.82, 2.24) is 10.0 Å². The molecule has 0 atom stereocenters. The maximum atomic E-state index is 12.9. The van der Waals surface area contributed by atoms with Gasteiger partial charge in [-0.05, 0) is 67.0 Å². The van der Waals surface area contributed by atoms with Crippen molar-refractivity contribution in [1.29, 1.82) is 0 Å². The van der Waals surface area contributed by atoms with Gasteiger partial charge in [0, 0.05) is 18.2 Å². The number of anilines is 1. The first-order valence-electron chi connectivity index (χ1n) is 12.4. The average molecular weight is 538 g/mol. The van der Waals surface area contributed by atoms with Crippen LogP contribution in [-0.4, -0.2) is 32.1 Å². The molecule has 1 fully saturated rings. The Morgan fingerprint density at radius 3 is 2.30 bits per heavy atom. The summed E-state index contributed by atoms with van der Waals surface area (Å²) in [5, 5.41) is 5.69. The molecule has 3 aromatic rings. The lowest BCUT2D eigenvalue weighted by Crippen LogP contribution is -2.36. The number of hydrogen-bond acceptors (Lipinski definition) is 5. The molecule has 0 heterocycles. The number of ether oxygens (including phenoxy) is 1. The minimum Gasteiger partial charge on any atom is -0.492 e. The first kappa shape index (κ1) is 26.8. The van der Waals surface area contributed by atoms with Gasteiger partial charge in [0.2, 0.25) is 10.0 Å². The first-order chi connectivity index (χ1) is 17.9. The molecular weight excluding hydrogens is 506 g/mol. The van der Waals surface area contributed by atoms with E-state index in [1.807, 2.05) is 36.4 Å². The van der Waals surface area contributed by atoms with Gasteiger partial charge in [-0.15, -0.1) is 0 Å². The summed E-state index contributed by atoms with van der Waals surface area (Å²) in [6.45, 7) is 0.432. The number of rotatable bonds is 9. The quantitative estimate of drug-likeness (QED) is 0.331. The lowest BCUT2D eigenvalue weighted by molar-refractivity contribution is 0.0974. The van der Waals surface area contributed by atoms with E-state index in [1.54, 1.807) is 30.3 Å². The molecule has 1 saturated carbocycles. The summed E-state index contributed by atoms with van der Waals surface area (Å²) in [6.07, 6.45) is 5.70. The molecule has 0 radical (unpaired) electrons. The number of hydrogen-bond donors (Lipinski definition) is 3. The molecule has 9 heteroatoms. The van der Waals surface area contributed by atoms with Gasteiger partial charge in [-0.3, -0.25) is 10.1 Å². The molecular formula is C28H31N3O4S2. The molecule has 0 spiro atoms. The Kier molecular flexibility index (Phi) is 9.27. The molecule has 0 aliphatic heterocycles. The van der Waals surface area contributed by atoms with Crippen molar-refractivity contribution < 1.29 is 17.9 Å². The second-order valence-electron chi connectivity index (χ2n) is 8.97. The van der Waals surface area contributed by atoms with Crippen LogP contribution in [0.25, 0.3) is 0 Å². The van der Waals surface area contributed by atoms with Crippen LogP contribution in [-0.2, 0) is 16.4 Å². The Morgan fingerprint density at radius 2 is 1.57 bits per heavy atom. The Hall–Kier alpha value is -3.27. The maximum Gasteiger partial charge on any atom is 0.261 e. The van der Waals surface area contributed by atoms with Gasteiger partial charge in [0.05, 0.1) is 17.1 Å². The highest BCUT2D eigenvalue weighted by atomic mass is 32.2. The highest BCUT2D eigenvalue weighted by molar-refractivity contribution is 7.89. The zero-order chi connectivity index (χ0) is 26.1. The van der Waals surface area contributed by atoms with Crippen LogP contribution >= 0.6 is 12.2 Å². The zero-order valence-corrected chi connectivity index (χ0v) is 22.1. The van der Waals surface area contributed by atoms with Crippen LogP contribution in [0, 0.1) is 0 Å². The van der Waals surface area contributed by atoms with Crippen molar-refractivity contribution in [2.75, 3.05) is 11.9 Å². The summed E-state index contributed by atoms with van der Waals surface area (Å²) < 4.78 is 34.1. The van der Waals surface area contributed by atoms with Gasteiger partial charge < -0.3 is 10.1 Å². The Morgan fingerprint density at radius 1 is 0.892 bits per heavy atom. The fraction of sp³-hybridized carbons (Fsp3) is 0.286. The molecule has 1 aliphatic carbocycles. The third kappa shape index (κ3) is 7.85. The van der Waals surface area contributed by atoms with Crippen molar-refractivity contribution in [3.63, 3.8) is 0 Å². The summed E-state index contributed by atoms with van der Waals surface area (Å²) in [4.78, 5) is 13.1. The van der Waals surface area contributed by atoms with Crippen LogP contribution in [0.4, 0.5) is 5.69 Å². The molecule has 1 amide bonds. The van der Waals surface area contributed by atoms with Crippen molar-refractivity contribution in [2.45, 2.75) is 49.5 Å². The number of sulfonamides is 1. The van der Waals surface area contributed by atoms with E-state index < -0.39 is 15.9 Å². The van der Waals surface area contributed by atoms with Crippen molar-refractivity contribution in [3.8, 4) is 5.75 Å². The maximum absolute atomic E-state index is 12.9. The monoisotopic (exact) mass is 537 g/mol. The van der Waals surface area contributed by atoms with Crippen LogP contribution < -0.4 is 20.1 Å². The van der Waals surface area contributed by atoms with Crippen LogP contribution in [0.1, 0.15) is 48.0 Å². The van der Waals surface area contributed by atoms with Crippen LogP contribution in [0.15, 0.2) is 83.8 Å². The molecule has 1 aliphatic rings. The van der Waals surface area contributed by atoms with Crippen LogP contribution in [0.5, 0.6) is 5.75 Å². The van der Waals surface area contributed by atoms with Gasteiger partial charge in [0.1, 0.15) is 5.75 Å². The third-order valence-corrected chi connectivity index (χ3v) is 7.94. The Bertz CT molecular complexity index is 1310. The highest BCUT2D eigenvalue weighted by Gasteiger charge is 2.22. The average Bonchev–Trinajstić information content (AvgIpc) is 2.90. The molecule has 4 rings (SSSR count). The topological polar surface area (TPSA) is 96.5 Å². The summed E-state index contributed by atoms with van der Waals surface area (Å²) in [7, 11) is -3.58. The van der Waals surface area contributed by atoms with E-state index in [1.165, 1.54) is 12.1 Å². The standard InChI is InChI=1S/C28H31N3O4S2/c32-27(25-13-7-8-14-26(25)35-20-19-21-9-3-1-4-10-21)30-28(36)29-22-15-17-24(18-16-22)37(33,34)31-23-11-5-2-6-12-23/h1,3-4,7-10,13-18,23,31H,2,5-6,11-12,19-20H2,(H2,29,30,32,36). The fourth-order valence-corrected chi connectivity index (χ4v) is 5.78. The van der Waals surface area contributed by atoms with E-state index in [2.05, 4.69) is 15.4 Å². The number of para-hydroxylation sites is 1. The molecule has 0 unspecified atom stereocenters. The van der Waals surface area contributed by atoms with Crippen molar-refractivity contribution in [2.24, 2.45) is 0 Å². The van der Waals surface area contributed by atoms with Gasteiger partial charge in [-0.1, -0.05) is 61.7 Å². The Balaban J connectivity index is 1.31. The Labute approximate surface area is 223 Å². The number of thiocarbonyl (C=S) groups is 1. The number of benzene rings is 3. The SMILES string of the molecule is O=C(NC(=S)Nc1ccc(S(=O)(=O)NC2CCCCC2)cc1)c1ccccc1OCCc1ccccc1. The fourth-order valence-electron chi connectivity index (χ4n) is 4.26. The van der Waals surface area contributed by atoms with Crippen LogP contribution in [0.3, 0.4) is 0 Å². The molecule has 7 nitrogen and oxygen atoms in total. The lowest BCUT2D eigenvalue weighted by Gasteiger charge is -2.22. The first-order valence-corrected chi connectivity index (χ1v) is 14.3. The normalized spacial score (nSPS) is 14.1. The van der Waals surface area contributed by atoms with E-state index >= 15 is 0 Å². The third-order valence-electron chi connectivity index (χ3n) is 6.20. The van der Waals surface area contributed by atoms with E-state index in [9.17, 15) is 13.2 Å².